The number of aliphatic hydroxyl groups excluding tert-OH is 1. The molecule has 2 amide bonds. The maximum Gasteiger partial charge on any atom is 0.315 e. The van der Waals surface area contributed by atoms with Gasteiger partial charge in [0.25, 0.3) is 0 Å². The second-order valence-corrected chi connectivity index (χ2v) is 6.79. The van der Waals surface area contributed by atoms with Gasteiger partial charge in [0.05, 0.1) is 12.1 Å². The van der Waals surface area contributed by atoms with Gasteiger partial charge in [-0.15, -0.1) is 0 Å². The van der Waals surface area contributed by atoms with E-state index in [0.717, 1.165) is 37.3 Å². The van der Waals surface area contributed by atoms with E-state index in [0.29, 0.717) is 6.54 Å². The average Bonchev–Trinajstić information content (AvgIpc) is 3.23. The second kappa shape index (κ2) is 6.44. The average molecular weight is 324 g/mol. The Bertz CT molecular complexity index is 531. The normalized spacial score (nSPS) is 26.3. The topological polar surface area (TPSA) is 73.4 Å². The lowest BCUT2D eigenvalue weighted by Crippen LogP contribution is -2.56. The molecule has 5 nitrogen and oxygen atoms in total. The van der Waals surface area contributed by atoms with Crippen LogP contribution in [0.2, 0.25) is 5.02 Å². The zero-order chi connectivity index (χ0) is 15.6. The molecule has 2 aliphatic rings. The molecule has 120 valence electrons. The summed E-state index contributed by atoms with van der Waals surface area (Å²) in [6, 6.07) is 7.39. The lowest BCUT2D eigenvalue weighted by Gasteiger charge is -2.30. The Kier molecular flexibility index (Phi) is 4.57. The molecule has 3 rings (SSSR count). The van der Waals surface area contributed by atoms with Crippen molar-refractivity contribution in [3.05, 3.63) is 34.9 Å². The van der Waals surface area contributed by atoms with Crippen molar-refractivity contribution in [3.63, 3.8) is 0 Å². The first-order chi connectivity index (χ1) is 10.6. The molecule has 1 saturated carbocycles. The minimum absolute atomic E-state index is 0.143. The number of carbonyl (C=O) groups excluding carboxylic acids is 1. The molecule has 0 bridgehead atoms. The summed E-state index contributed by atoms with van der Waals surface area (Å²) in [4.78, 5) is 12.2. The number of β-amino-alcohol motifs (C(OH)–C–C–N with tert-alkyl or cyclic N) is 1. The van der Waals surface area contributed by atoms with Gasteiger partial charge >= 0.3 is 6.03 Å². The number of piperidine rings is 1. The Labute approximate surface area is 135 Å². The molecule has 6 heteroatoms. The number of aliphatic hydroxyl groups is 1. The van der Waals surface area contributed by atoms with Gasteiger partial charge in [-0.2, -0.15) is 0 Å². The highest BCUT2D eigenvalue weighted by atomic mass is 35.5. The molecule has 2 atom stereocenters. The van der Waals surface area contributed by atoms with Gasteiger partial charge in [-0.25, -0.2) is 4.79 Å². The van der Waals surface area contributed by atoms with Crippen LogP contribution < -0.4 is 16.0 Å². The number of amides is 2. The number of rotatable bonds is 4. The van der Waals surface area contributed by atoms with Crippen LogP contribution in [0.1, 0.15) is 24.8 Å². The van der Waals surface area contributed by atoms with Crippen LogP contribution in [0.3, 0.4) is 0 Å². The van der Waals surface area contributed by atoms with Crippen LogP contribution in [0.5, 0.6) is 0 Å². The zero-order valence-corrected chi connectivity index (χ0v) is 13.2. The Hall–Kier alpha value is -1.30. The van der Waals surface area contributed by atoms with Crippen LogP contribution >= 0.6 is 11.6 Å². The molecule has 2 fully saturated rings. The van der Waals surface area contributed by atoms with Crippen molar-refractivity contribution >= 4 is 17.6 Å². The largest absolute Gasteiger partial charge is 0.390 e. The molecule has 1 aromatic carbocycles. The molecule has 4 N–H and O–H groups in total. The number of carbonyl (C=O) groups is 1. The molecule has 1 saturated heterocycles. The van der Waals surface area contributed by atoms with Gasteiger partial charge in [-0.05, 0) is 49.9 Å². The standard InChI is InChI=1S/C16H22ClN3O2/c17-12-3-1-11(2-4-12)9-16(6-7-16)20-15(22)19-13-5-8-18-10-14(13)21/h1-4,13-14,18,21H,5-10H2,(H2,19,20,22)/t13-,14-/m1/s1. The van der Waals surface area contributed by atoms with Crippen molar-refractivity contribution in [2.45, 2.75) is 43.4 Å². The molecular formula is C16H22ClN3O2. The lowest BCUT2D eigenvalue weighted by molar-refractivity contribution is 0.105. The van der Waals surface area contributed by atoms with Crippen LogP contribution in [0.15, 0.2) is 24.3 Å². The van der Waals surface area contributed by atoms with E-state index in [1.165, 1.54) is 5.56 Å². The molecular weight excluding hydrogens is 302 g/mol. The zero-order valence-electron chi connectivity index (χ0n) is 12.4. The third-order valence-corrected chi connectivity index (χ3v) is 4.71. The molecule has 0 radical (unpaired) electrons. The molecule has 0 aromatic heterocycles. The minimum atomic E-state index is -0.522. The summed E-state index contributed by atoms with van der Waals surface area (Å²) in [5.41, 5.74) is 1.03. The van der Waals surface area contributed by atoms with Crippen LogP contribution in [0, 0.1) is 0 Å². The summed E-state index contributed by atoms with van der Waals surface area (Å²) in [5.74, 6) is 0. The van der Waals surface area contributed by atoms with Gasteiger partial charge in [0, 0.05) is 17.1 Å². The molecule has 1 aliphatic carbocycles. The van der Waals surface area contributed by atoms with Gasteiger partial charge in [0.2, 0.25) is 0 Å². The molecule has 1 aliphatic heterocycles. The Morgan fingerprint density at radius 2 is 2.09 bits per heavy atom. The van der Waals surface area contributed by atoms with Gasteiger partial charge in [-0.1, -0.05) is 23.7 Å². The summed E-state index contributed by atoms with van der Waals surface area (Å²) >= 11 is 5.90. The molecule has 22 heavy (non-hydrogen) atoms. The third kappa shape index (κ3) is 3.91. The predicted octanol–water partition coefficient (Wildman–Crippen LogP) is 1.44. The predicted molar refractivity (Wildman–Crippen MR) is 86.1 cm³/mol. The van der Waals surface area contributed by atoms with E-state index in [4.69, 9.17) is 11.6 Å². The number of urea groups is 1. The second-order valence-electron chi connectivity index (χ2n) is 6.35. The van der Waals surface area contributed by atoms with E-state index in [1.807, 2.05) is 24.3 Å². The monoisotopic (exact) mass is 323 g/mol. The highest BCUT2D eigenvalue weighted by Crippen LogP contribution is 2.38. The molecule has 1 heterocycles. The third-order valence-electron chi connectivity index (χ3n) is 4.45. The van der Waals surface area contributed by atoms with E-state index < -0.39 is 6.10 Å². The van der Waals surface area contributed by atoms with Crippen LogP contribution in [0.25, 0.3) is 0 Å². The number of halogens is 1. The van der Waals surface area contributed by atoms with Crippen LogP contribution in [0.4, 0.5) is 4.79 Å². The summed E-state index contributed by atoms with van der Waals surface area (Å²) in [6.07, 6.45) is 3.01. The Morgan fingerprint density at radius 1 is 1.36 bits per heavy atom. The smallest absolute Gasteiger partial charge is 0.315 e. The van der Waals surface area contributed by atoms with Gasteiger partial charge in [-0.3, -0.25) is 0 Å². The number of nitrogens with one attached hydrogen (secondary N) is 3. The minimum Gasteiger partial charge on any atom is -0.390 e. The van der Waals surface area contributed by atoms with E-state index in [1.54, 1.807) is 0 Å². The number of hydrogen-bond donors (Lipinski definition) is 4. The van der Waals surface area contributed by atoms with Gasteiger partial charge in [0.15, 0.2) is 0 Å². The highest BCUT2D eigenvalue weighted by Gasteiger charge is 2.44. The van der Waals surface area contributed by atoms with E-state index >= 15 is 0 Å². The van der Waals surface area contributed by atoms with Crippen LogP contribution in [-0.2, 0) is 6.42 Å². The van der Waals surface area contributed by atoms with E-state index in [-0.39, 0.29) is 17.6 Å². The summed E-state index contributed by atoms with van der Waals surface area (Å²) in [7, 11) is 0. The maximum absolute atomic E-state index is 12.2. The summed E-state index contributed by atoms with van der Waals surface area (Å²) < 4.78 is 0. The maximum atomic E-state index is 12.2. The van der Waals surface area contributed by atoms with Crippen molar-refractivity contribution in [2.24, 2.45) is 0 Å². The fraction of sp³-hybridized carbons (Fsp3) is 0.562. The summed E-state index contributed by atoms with van der Waals surface area (Å²) in [6.45, 7) is 1.35. The van der Waals surface area contributed by atoms with Gasteiger partial charge < -0.3 is 21.1 Å². The van der Waals surface area contributed by atoms with Crippen molar-refractivity contribution in [3.8, 4) is 0 Å². The Morgan fingerprint density at radius 3 is 2.73 bits per heavy atom. The number of benzene rings is 1. The first kappa shape index (κ1) is 15.6. The molecule has 1 aromatic rings. The van der Waals surface area contributed by atoms with Crippen molar-refractivity contribution in [1.29, 1.82) is 0 Å². The van der Waals surface area contributed by atoms with E-state index in [2.05, 4.69) is 16.0 Å². The van der Waals surface area contributed by atoms with Gasteiger partial charge in [0.1, 0.15) is 0 Å². The fourth-order valence-electron chi connectivity index (χ4n) is 2.95. The fourth-order valence-corrected chi connectivity index (χ4v) is 3.07. The first-order valence-electron chi connectivity index (χ1n) is 7.78. The van der Waals surface area contributed by atoms with Crippen molar-refractivity contribution in [2.75, 3.05) is 13.1 Å². The van der Waals surface area contributed by atoms with E-state index in [9.17, 15) is 9.90 Å². The lowest BCUT2D eigenvalue weighted by atomic mass is 10.0. The van der Waals surface area contributed by atoms with Crippen molar-refractivity contribution in [1.82, 2.24) is 16.0 Å². The van der Waals surface area contributed by atoms with Crippen LogP contribution in [-0.4, -0.2) is 41.9 Å². The quantitative estimate of drug-likeness (QED) is 0.677. The molecule has 0 unspecified atom stereocenters. The number of hydrogen-bond acceptors (Lipinski definition) is 3. The Balaban J connectivity index is 1.53. The highest BCUT2D eigenvalue weighted by molar-refractivity contribution is 6.30. The summed E-state index contributed by atoms with van der Waals surface area (Å²) in [5, 5.41) is 19.7. The van der Waals surface area contributed by atoms with Crippen molar-refractivity contribution < 1.29 is 9.90 Å². The SMILES string of the molecule is O=C(N[C@@H]1CCNC[C@H]1O)NC1(Cc2ccc(Cl)cc2)CC1. The molecule has 0 spiro atoms. The first-order valence-corrected chi connectivity index (χ1v) is 8.16.